The number of likely N-dealkylation sites (N-methyl/N-ethyl adjacent to an activating group) is 1. The molecule has 0 saturated heterocycles. The third-order valence-electron chi connectivity index (χ3n) is 6.52. The van der Waals surface area contributed by atoms with Gasteiger partial charge in [0.1, 0.15) is 6.54 Å². The Morgan fingerprint density at radius 1 is 0.815 bits per heavy atom. The zero-order valence-electron chi connectivity index (χ0n) is 19.0. The van der Waals surface area contributed by atoms with Crippen LogP contribution in [0.2, 0.25) is 0 Å². The van der Waals surface area contributed by atoms with Gasteiger partial charge < -0.3 is 5.11 Å². The number of amidine groups is 1. The van der Waals surface area contributed by atoms with Crippen molar-refractivity contribution in [2.45, 2.75) is 124 Å². The van der Waals surface area contributed by atoms with Crippen LogP contribution in [0.3, 0.4) is 0 Å². The summed E-state index contributed by atoms with van der Waals surface area (Å²) >= 11 is 0. The minimum atomic E-state index is -0.313. The highest BCUT2D eigenvalue weighted by Gasteiger charge is 2.40. The predicted octanol–water partition coefficient (Wildman–Crippen LogP) is 6.69. The van der Waals surface area contributed by atoms with E-state index in [0.29, 0.717) is 0 Å². The van der Waals surface area contributed by atoms with Crippen molar-refractivity contribution in [2.24, 2.45) is 10.9 Å². The summed E-state index contributed by atoms with van der Waals surface area (Å²) in [5, 5.41) is 10.2. The lowest BCUT2D eigenvalue weighted by molar-refractivity contribution is -0.882. The van der Waals surface area contributed by atoms with Crippen LogP contribution >= 0.6 is 0 Å². The van der Waals surface area contributed by atoms with Gasteiger partial charge in [-0.2, -0.15) is 0 Å². The van der Waals surface area contributed by atoms with E-state index in [-0.39, 0.29) is 6.23 Å². The molecule has 2 atom stereocenters. The van der Waals surface area contributed by atoms with Crippen molar-refractivity contribution in [3.8, 4) is 0 Å². The van der Waals surface area contributed by atoms with Gasteiger partial charge in [0.25, 0.3) is 0 Å². The summed E-state index contributed by atoms with van der Waals surface area (Å²) in [5.41, 5.74) is 0. The first kappa shape index (κ1) is 24.6. The molecule has 3 heteroatoms. The molecule has 0 aromatic heterocycles. The molecular weight excluding hydrogens is 332 g/mol. The fourth-order valence-electron chi connectivity index (χ4n) is 4.54. The number of aliphatic hydroxyl groups excluding tert-OH is 1. The minimum absolute atomic E-state index is 0.313. The van der Waals surface area contributed by atoms with Crippen LogP contribution in [0.1, 0.15) is 118 Å². The Kier molecular flexibility index (Phi) is 13.3. The summed E-state index contributed by atoms with van der Waals surface area (Å²) in [6.07, 6.45) is 19.0. The molecule has 1 rings (SSSR count). The van der Waals surface area contributed by atoms with Crippen molar-refractivity contribution in [3.63, 3.8) is 0 Å². The Morgan fingerprint density at radius 3 is 1.74 bits per heavy atom. The highest BCUT2D eigenvalue weighted by molar-refractivity contribution is 5.76. The van der Waals surface area contributed by atoms with Gasteiger partial charge in [0.05, 0.1) is 13.1 Å². The third kappa shape index (κ3) is 9.56. The van der Waals surface area contributed by atoms with Gasteiger partial charge in [-0.1, -0.05) is 90.9 Å². The van der Waals surface area contributed by atoms with E-state index in [1.165, 1.54) is 89.3 Å². The summed E-state index contributed by atoms with van der Waals surface area (Å²) in [6, 6.07) is 0. The Bertz CT molecular complexity index is 392. The van der Waals surface area contributed by atoms with E-state index in [0.717, 1.165) is 36.5 Å². The molecule has 0 aliphatic carbocycles. The van der Waals surface area contributed by atoms with Crippen molar-refractivity contribution >= 4 is 5.84 Å². The van der Waals surface area contributed by atoms with Crippen LogP contribution < -0.4 is 0 Å². The summed E-state index contributed by atoms with van der Waals surface area (Å²) in [6.45, 7) is 11.6. The molecule has 0 fully saturated rings. The average Bonchev–Trinajstić information content (AvgIpc) is 3.06. The highest BCUT2D eigenvalue weighted by atomic mass is 16.3. The summed E-state index contributed by atoms with van der Waals surface area (Å²) < 4.78 is 0.720. The minimum Gasteiger partial charge on any atom is -0.345 e. The molecule has 0 aromatic carbocycles. The smallest absolute Gasteiger partial charge is 0.200 e. The fourth-order valence-corrected chi connectivity index (χ4v) is 4.54. The molecule has 1 aliphatic heterocycles. The van der Waals surface area contributed by atoms with Gasteiger partial charge in [-0.25, -0.2) is 4.99 Å². The zero-order valence-corrected chi connectivity index (χ0v) is 19.0. The largest absolute Gasteiger partial charge is 0.345 e. The highest BCUT2D eigenvalue weighted by Crippen LogP contribution is 2.23. The zero-order chi connectivity index (χ0) is 20.0. The first-order valence-electron chi connectivity index (χ1n) is 12.1. The number of rotatable bonds is 17. The fraction of sp³-hybridized carbons (Fsp3) is 0.958. The first-order chi connectivity index (χ1) is 13.0. The second-order valence-electron chi connectivity index (χ2n) is 9.18. The average molecular weight is 382 g/mol. The first-order valence-corrected chi connectivity index (χ1v) is 12.1. The normalized spacial score (nSPS) is 21.0. The second kappa shape index (κ2) is 14.6. The standard InChI is InChI=1S/C24H49N2O/c1-5-26(23(4)27)21-20-25-24(26)19-17-15-13-11-9-7-6-8-10-12-14-16-18-22(2)3/h22-23,27H,5-21H2,1-4H3/q+1. The molecule has 1 N–H and O–H groups in total. The molecule has 0 amide bonds. The van der Waals surface area contributed by atoms with Crippen molar-refractivity contribution in [2.75, 3.05) is 19.6 Å². The second-order valence-corrected chi connectivity index (χ2v) is 9.18. The number of hydrogen-bond donors (Lipinski definition) is 1. The quantitative estimate of drug-likeness (QED) is 0.221. The molecular formula is C24H49N2O+. The van der Waals surface area contributed by atoms with Crippen LogP contribution in [-0.4, -0.2) is 41.3 Å². The van der Waals surface area contributed by atoms with Crippen molar-refractivity contribution < 1.29 is 9.59 Å². The van der Waals surface area contributed by atoms with Gasteiger partial charge in [0.15, 0.2) is 6.23 Å². The molecule has 160 valence electrons. The van der Waals surface area contributed by atoms with Gasteiger partial charge in [-0.3, -0.25) is 4.48 Å². The van der Waals surface area contributed by atoms with Gasteiger partial charge >= 0.3 is 0 Å². The van der Waals surface area contributed by atoms with E-state index in [2.05, 4.69) is 20.8 Å². The lowest BCUT2D eigenvalue weighted by Crippen LogP contribution is -2.56. The number of hydrogen-bond acceptors (Lipinski definition) is 2. The number of unbranched alkanes of at least 4 members (excludes halogenated alkanes) is 11. The van der Waals surface area contributed by atoms with E-state index in [1.54, 1.807) is 0 Å². The van der Waals surface area contributed by atoms with Crippen LogP contribution in [0.5, 0.6) is 0 Å². The maximum Gasteiger partial charge on any atom is 0.200 e. The Balaban J connectivity index is 1.91. The van der Waals surface area contributed by atoms with Crippen LogP contribution in [0.15, 0.2) is 4.99 Å². The Hall–Kier alpha value is -0.410. The van der Waals surface area contributed by atoms with Gasteiger partial charge in [0.2, 0.25) is 5.84 Å². The number of aliphatic hydroxyl groups is 1. The molecule has 0 bridgehead atoms. The lowest BCUT2D eigenvalue weighted by Gasteiger charge is -2.36. The van der Waals surface area contributed by atoms with E-state index >= 15 is 0 Å². The van der Waals surface area contributed by atoms with Gasteiger partial charge in [-0.05, 0) is 19.3 Å². The maximum absolute atomic E-state index is 10.2. The summed E-state index contributed by atoms with van der Waals surface area (Å²) in [5.74, 6) is 2.13. The van der Waals surface area contributed by atoms with Crippen molar-refractivity contribution in [3.05, 3.63) is 0 Å². The van der Waals surface area contributed by atoms with E-state index < -0.39 is 0 Å². The molecule has 0 aromatic rings. The molecule has 3 nitrogen and oxygen atoms in total. The summed E-state index contributed by atoms with van der Waals surface area (Å²) in [4.78, 5) is 4.71. The van der Waals surface area contributed by atoms with Crippen molar-refractivity contribution in [1.29, 1.82) is 0 Å². The monoisotopic (exact) mass is 381 g/mol. The third-order valence-corrected chi connectivity index (χ3v) is 6.52. The van der Waals surface area contributed by atoms with Crippen LogP contribution in [0.4, 0.5) is 0 Å². The van der Waals surface area contributed by atoms with Crippen molar-refractivity contribution in [1.82, 2.24) is 0 Å². The molecule has 27 heavy (non-hydrogen) atoms. The molecule has 0 spiro atoms. The number of aliphatic imine (C=N–C) groups is 1. The van der Waals surface area contributed by atoms with E-state index in [4.69, 9.17) is 4.99 Å². The molecule has 0 saturated carbocycles. The predicted molar refractivity (Wildman–Crippen MR) is 119 cm³/mol. The summed E-state index contributed by atoms with van der Waals surface area (Å²) in [7, 11) is 0. The molecule has 2 unspecified atom stereocenters. The lowest BCUT2D eigenvalue weighted by atomic mass is 10.0. The maximum atomic E-state index is 10.2. The SMILES string of the molecule is CC[N+]1(C(C)O)CCN=C1CCCCCCCCCCCCCCC(C)C. The topological polar surface area (TPSA) is 32.6 Å². The van der Waals surface area contributed by atoms with Crippen LogP contribution in [0, 0.1) is 5.92 Å². The van der Waals surface area contributed by atoms with E-state index in [1.807, 2.05) is 6.92 Å². The van der Waals surface area contributed by atoms with Crippen LogP contribution in [-0.2, 0) is 0 Å². The van der Waals surface area contributed by atoms with Gasteiger partial charge in [0, 0.05) is 13.3 Å². The van der Waals surface area contributed by atoms with Gasteiger partial charge in [-0.15, -0.1) is 0 Å². The molecule has 1 aliphatic rings. The van der Waals surface area contributed by atoms with E-state index in [9.17, 15) is 5.11 Å². The van der Waals surface area contributed by atoms with Crippen LogP contribution in [0.25, 0.3) is 0 Å². The Morgan fingerprint density at radius 2 is 1.30 bits per heavy atom. The Labute approximate surface area is 170 Å². The molecule has 0 radical (unpaired) electrons. The number of nitrogens with zero attached hydrogens (tertiary/aromatic N) is 2. The molecule has 1 heterocycles. The number of quaternary nitrogens is 1.